The SMILES string of the molecule is CCO[SiH2]CCCC=C(C)C(=O)OCC(O)OCC. The molecule has 0 aromatic carbocycles. The summed E-state index contributed by atoms with van der Waals surface area (Å²) in [5.41, 5.74) is 0.571. The van der Waals surface area contributed by atoms with Gasteiger partial charge in [0.05, 0.1) is 0 Å². The lowest BCUT2D eigenvalue weighted by molar-refractivity contribution is -0.161. The van der Waals surface area contributed by atoms with Gasteiger partial charge >= 0.3 is 5.97 Å². The normalized spacial score (nSPS) is 14.0. The van der Waals surface area contributed by atoms with Gasteiger partial charge in [-0.3, -0.25) is 0 Å². The third kappa shape index (κ3) is 10.9. The van der Waals surface area contributed by atoms with Crippen molar-refractivity contribution in [2.24, 2.45) is 0 Å². The van der Waals surface area contributed by atoms with Crippen molar-refractivity contribution in [1.29, 1.82) is 0 Å². The van der Waals surface area contributed by atoms with Crippen molar-refractivity contribution in [2.45, 2.75) is 45.9 Å². The van der Waals surface area contributed by atoms with Crippen LogP contribution in [0.15, 0.2) is 11.6 Å². The van der Waals surface area contributed by atoms with Gasteiger partial charge in [-0.15, -0.1) is 0 Å². The molecule has 112 valence electrons. The molecule has 19 heavy (non-hydrogen) atoms. The van der Waals surface area contributed by atoms with Gasteiger partial charge in [0.1, 0.15) is 6.61 Å². The minimum absolute atomic E-state index is 0.130. The molecule has 0 heterocycles. The maximum Gasteiger partial charge on any atom is 0.333 e. The summed E-state index contributed by atoms with van der Waals surface area (Å²) in [6.07, 6.45) is 2.72. The van der Waals surface area contributed by atoms with E-state index in [1.165, 1.54) is 0 Å². The number of hydrogen-bond donors (Lipinski definition) is 1. The minimum atomic E-state index is -1.04. The van der Waals surface area contributed by atoms with Gasteiger partial charge in [-0.2, -0.15) is 0 Å². The molecule has 0 amide bonds. The van der Waals surface area contributed by atoms with Gasteiger partial charge in [0.25, 0.3) is 0 Å². The zero-order valence-electron chi connectivity index (χ0n) is 12.2. The van der Waals surface area contributed by atoms with E-state index in [2.05, 4.69) is 0 Å². The molecule has 1 unspecified atom stereocenters. The summed E-state index contributed by atoms with van der Waals surface area (Å²) in [5, 5.41) is 9.25. The molecule has 0 rings (SSSR count). The summed E-state index contributed by atoms with van der Waals surface area (Å²) in [6.45, 7) is 6.54. The van der Waals surface area contributed by atoms with Crippen molar-refractivity contribution in [3.05, 3.63) is 11.6 Å². The molecule has 0 aliphatic heterocycles. The fourth-order valence-electron chi connectivity index (χ4n) is 1.40. The van der Waals surface area contributed by atoms with E-state index in [1.54, 1.807) is 13.8 Å². The van der Waals surface area contributed by atoms with Gasteiger partial charge < -0.3 is 19.0 Å². The summed E-state index contributed by atoms with van der Waals surface area (Å²) in [4.78, 5) is 11.5. The van der Waals surface area contributed by atoms with Crippen molar-refractivity contribution in [3.63, 3.8) is 0 Å². The Kier molecular flexibility index (Phi) is 11.9. The molecule has 0 aliphatic rings. The number of allylic oxidation sites excluding steroid dienone is 1. The predicted octanol–water partition coefficient (Wildman–Crippen LogP) is 1.15. The zero-order chi connectivity index (χ0) is 14.5. The fourth-order valence-corrected chi connectivity index (χ4v) is 2.38. The predicted molar refractivity (Wildman–Crippen MR) is 76.6 cm³/mol. The summed E-state index contributed by atoms with van der Waals surface area (Å²) < 4.78 is 15.1. The van der Waals surface area contributed by atoms with Crippen LogP contribution in [0.25, 0.3) is 0 Å². The lowest BCUT2D eigenvalue weighted by atomic mass is 10.2. The average molecular weight is 290 g/mol. The first kappa shape index (κ1) is 18.3. The molecule has 0 spiro atoms. The van der Waals surface area contributed by atoms with Crippen LogP contribution >= 0.6 is 0 Å². The molecule has 6 heteroatoms. The zero-order valence-corrected chi connectivity index (χ0v) is 13.6. The Morgan fingerprint density at radius 1 is 1.37 bits per heavy atom. The average Bonchev–Trinajstić information content (AvgIpc) is 2.40. The number of unbranched alkanes of at least 4 members (excludes halogenated alkanes) is 1. The minimum Gasteiger partial charge on any atom is -0.457 e. The molecule has 0 radical (unpaired) electrons. The molecule has 0 aromatic rings. The topological polar surface area (TPSA) is 65.0 Å². The van der Waals surface area contributed by atoms with Crippen molar-refractivity contribution >= 4 is 15.7 Å². The molecule has 1 N–H and O–H groups in total. The van der Waals surface area contributed by atoms with Crippen molar-refractivity contribution in [2.75, 3.05) is 19.8 Å². The van der Waals surface area contributed by atoms with Crippen LogP contribution in [0.2, 0.25) is 6.04 Å². The van der Waals surface area contributed by atoms with Crippen molar-refractivity contribution in [3.8, 4) is 0 Å². The summed E-state index contributed by atoms with van der Waals surface area (Å²) in [5.74, 6) is -0.402. The van der Waals surface area contributed by atoms with E-state index in [-0.39, 0.29) is 16.4 Å². The number of carbonyl (C=O) groups is 1. The molecule has 0 saturated carbocycles. The molecule has 0 fully saturated rings. The Bertz CT molecular complexity index is 268. The van der Waals surface area contributed by atoms with Crippen molar-refractivity contribution in [1.82, 2.24) is 0 Å². The van der Waals surface area contributed by atoms with E-state index in [0.29, 0.717) is 12.2 Å². The smallest absolute Gasteiger partial charge is 0.333 e. The first-order valence-corrected chi connectivity index (χ1v) is 8.40. The molecule has 1 atom stereocenters. The highest BCUT2D eigenvalue weighted by molar-refractivity contribution is 6.26. The Balaban J connectivity index is 3.73. The molecular formula is C13H26O5Si. The van der Waals surface area contributed by atoms with Crippen LogP contribution in [-0.2, 0) is 18.7 Å². The highest BCUT2D eigenvalue weighted by Crippen LogP contribution is 2.04. The van der Waals surface area contributed by atoms with Crippen LogP contribution in [0, 0.1) is 0 Å². The number of ether oxygens (including phenoxy) is 2. The number of hydrogen-bond acceptors (Lipinski definition) is 5. The molecule has 0 saturated heterocycles. The van der Waals surface area contributed by atoms with Crippen LogP contribution in [-0.4, -0.2) is 46.9 Å². The van der Waals surface area contributed by atoms with Gasteiger partial charge in [-0.05, 0) is 33.2 Å². The Morgan fingerprint density at radius 3 is 2.74 bits per heavy atom. The first-order chi connectivity index (χ1) is 9.11. The third-order valence-electron chi connectivity index (χ3n) is 2.44. The lowest BCUT2D eigenvalue weighted by Crippen LogP contribution is -2.21. The highest BCUT2D eigenvalue weighted by Gasteiger charge is 2.09. The van der Waals surface area contributed by atoms with E-state index < -0.39 is 12.3 Å². The number of aliphatic hydroxyl groups is 1. The fraction of sp³-hybridized carbons (Fsp3) is 0.769. The van der Waals surface area contributed by atoms with Gasteiger partial charge in [-0.1, -0.05) is 12.5 Å². The quantitative estimate of drug-likeness (QED) is 0.203. The second kappa shape index (κ2) is 12.3. The van der Waals surface area contributed by atoms with Crippen LogP contribution in [0.4, 0.5) is 0 Å². The molecule has 5 nitrogen and oxygen atoms in total. The van der Waals surface area contributed by atoms with Crippen LogP contribution in [0.1, 0.15) is 33.6 Å². The van der Waals surface area contributed by atoms with Gasteiger partial charge in [-0.25, -0.2) is 4.79 Å². The van der Waals surface area contributed by atoms with Crippen LogP contribution < -0.4 is 0 Å². The number of carbonyl (C=O) groups excluding carboxylic acids is 1. The van der Waals surface area contributed by atoms with Crippen LogP contribution in [0.3, 0.4) is 0 Å². The monoisotopic (exact) mass is 290 g/mol. The number of rotatable bonds is 11. The Labute approximate surface area is 117 Å². The Morgan fingerprint density at radius 2 is 2.11 bits per heavy atom. The molecule has 0 bridgehead atoms. The summed E-state index contributed by atoms with van der Waals surface area (Å²) >= 11 is 0. The maximum atomic E-state index is 11.5. The Hall–Kier alpha value is -0.693. The largest absolute Gasteiger partial charge is 0.457 e. The lowest BCUT2D eigenvalue weighted by Gasteiger charge is -2.11. The van der Waals surface area contributed by atoms with E-state index in [0.717, 1.165) is 25.5 Å². The van der Waals surface area contributed by atoms with Gasteiger partial charge in [0.15, 0.2) is 16.1 Å². The van der Waals surface area contributed by atoms with E-state index in [1.807, 2.05) is 13.0 Å². The van der Waals surface area contributed by atoms with Gasteiger partial charge in [0.2, 0.25) is 0 Å². The van der Waals surface area contributed by atoms with Crippen molar-refractivity contribution < 1.29 is 23.8 Å². The van der Waals surface area contributed by atoms with Gasteiger partial charge in [0, 0.05) is 18.8 Å². The summed E-state index contributed by atoms with van der Waals surface area (Å²) in [6, 6.07) is 1.12. The highest BCUT2D eigenvalue weighted by atomic mass is 28.2. The van der Waals surface area contributed by atoms with E-state index in [4.69, 9.17) is 13.9 Å². The maximum absolute atomic E-state index is 11.5. The van der Waals surface area contributed by atoms with E-state index >= 15 is 0 Å². The molecule has 0 aromatic heterocycles. The second-order valence-electron chi connectivity index (χ2n) is 4.09. The number of aliphatic hydroxyl groups excluding tert-OH is 1. The third-order valence-corrected chi connectivity index (χ3v) is 3.92. The molecule has 0 aliphatic carbocycles. The summed E-state index contributed by atoms with van der Waals surface area (Å²) in [7, 11) is -0.374. The first-order valence-electron chi connectivity index (χ1n) is 6.83. The van der Waals surface area contributed by atoms with E-state index in [9.17, 15) is 9.90 Å². The standard InChI is InChI=1S/C13H26O5Si/c1-4-16-12(14)10-17-13(15)11(3)8-6-7-9-19-18-5-2/h8,12,14H,4-7,9-10,19H2,1-3H3. The molecular weight excluding hydrogens is 264 g/mol. The van der Waals surface area contributed by atoms with Crippen LogP contribution in [0.5, 0.6) is 0 Å². The second-order valence-corrected chi connectivity index (χ2v) is 5.61. The number of esters is 1.